The molecule has 1 saturated heterocycles. The molecule has 2 aromatic rings. The van der Waals surface area contributed by atoms with E-state index in [1.54, 1.807) is 6.20 Å². The Hall–Kier alpha value is -3.15. The predicted octanol–water partition coefficient (Wildman–Crippen LogP) is 2.00. The zero-order chi connectivity index (χ0) is 16.7. The summed E-state index contributed by atoms with van der Waals surface area (Å²) in [6, 6.07) is 5.91. The Kier molecular flexibility index (Phi) is 3.30. The Morgan fingerprint density at radius 1 is 1.42 bits per heavy atom. The highest BCUT2D eigenvalue weighted by molar-refractivity contribution is 6.03. The van der Waals surface area contributed by atoms with Crippen LogP contribution in [0.5, 0.6) is 0 Å². The van der Waals surface area contributed by atoms with Gasteiger partial charge in [0, 0.05) is 29.5 Å². The maximum Gasteiger partial charge on any atom is 0.252 e. The first-order valence-electron chi connectivity index (χ1n) is 7.76. The Morgan fingerprint density at radius 2 is 2.29 bits per heavy atom. The van der Waals surface area contributed by atoms with Crippen molar-refractivity contribution in [3.8, 4) is 0 Å². The minimum atomic E-state index is -0.154. The van der Waals surface area contributed by atoms with Crippen LogP contribution in [0.1, 0.15) is 18.9 Å². The van der Waals surface area contributed by atoms with E-state index in [0.29, 0.717) is 11.3 Å². The summed E-state index contributed by atoms with van der Waals surface area (Å²) in [5.41, 5.74) is 4.01. The average molecular weight is 320 g/mol. The lowest BCUT2D eigenvalue weighted by atomic mass is 9.90. The lowest BCUT2D eigenvalue weighted by molar-refractivity contribution is -0.118. The van der Waals surface area contributed by atoms with Crippen molar-refractivity contribution in [2.45, 2.75) is 13.3 Å². The van der Waals surface area contributed by atoms with Gasteiger partial charge in [-0.1, -0.05) is 18.2 Å². The largest absolute Gasteiger partial charge is 0.325 e. The molecule has 1 aliphatic heterocycles. The number of hydrogen-bond donors (Lipinski definition) is 3. The number of nitrogens with zero attached hydrogens (tertiary/aromatic N) is 1. The van der Waals surface area contributed by atoms with Crippen LogP contribution in [0.15, 0.2) is 53.5 Å². The first kappa shape index (κ1) is 14.4. The standard InChI is InChI=1S/C18H16N4O2/c1-10(23)20-15-4-2-3-13-14(18(24)21-17(13)15)7-11-5-6-12-9-19-22-16(12)8-11/h2,4-9,13H,3H2,1H3,(H,19,22)(H,20,23)(H,21,24)/b14-7+. The van der Waals surface area contributed by atoms with E-state index < -0.39 is 0 Å². The van der Waals surface area contributed by atoms with Gasteiger partial charge in [0.15, 0.2) is 0 Å². The molecule has 1 unspecified atom stereocenters. The van der Waals surface area contributed by atoms with E-state index in [9.17, 15) is 9.59 Å². The van der Waals surface area contributed by atoms with Crippen LogP contribution in [0, 0.1) is 5.92 Å². The van der Waals surface area contributed by atoms with Crippen molar-refractivity contribution in [2.75, 3.05) is 0 Å². The Morgan fingerprint density at radius 3 is 3.12 bits per heavy atom. The van der Waals surface area contributed by atoms with E-state index >= 15 is 0 Å². The molecule has 1 aliphatic carbocycles. The summed E-state index contributed by atoms with van der Waals surface area (Å²) in [7, 11) is 0. The van der Waals surface area contributed by atoms with E-state index in [4.69, 9.17) is 0 Å². The molecule has 2 amide bonds. The second-order valence-electron chi connectivity index (χ2n) is 5.97. The van der Waals surface area contributed by atoms with Gasteiger partial charge in [-0.2, -0.15) is 5.10 Å². The van der Waals surface area contributed by atoms with Crippen LogP contribution in [0.3, 0.4) is 0 Å². The summed E-state index contributed by atoms with van der Waals surface area (Å²) in [4.78, 5) is 23.8. The highest BCUT2D eigenvalue weighted by atomic mass is 16.2. The van der Waals surface area contributed by atoms with E-state index in [2.05, 4.69) is 20.8 Å². The topological polar surface area (TPSA) is 86.9 Å². The number of rotatable bonds is 2. The predicted molar refractivity (Wildman–Crippen MR) is 90.3 cm³/mol. The quantitative estimate of drug-likeness (QED) is 0.740. The zero-order valence-electron chi connectivity index (χ0n) is 13.1. The van der Waals surface area contributed by atoms with Crippen molar-refractivity contribution in [3.63, 3.8) is 0 Å². The van der Waals surface area contributed by atoms with Crippen LogP contribution in [-0.4, -0.2) is 22.0 Å². The fourth-order valence-electron chi connectivity index (χ4n) is 3.20. The first-order chi connectivity index (χ1) is 11.6. The van der Waals surface area contributed by atoms with Crippen molar-refractivity contribution in [3.05, 3.63) is 59.1 Å². The minimum Gasteiger partial charge on any atom is -0.325 e. The fourth-order valence-corrected chi connectivity index (χ4v) is 3.20. The molecule has 24 heavy (non-hydrogen) atoms. The van der Waals surface area contributed by atoms with Gasteiger partial charge >= 0.3 is 0 Å². The van der Waals surface area contributed by atoms with Gasteiger partial charge in [0.1, 0.15) is 0 Å². The number of allylic oxidation sites excluding steroid dienone is 3. The van der Waals surface area contributed by atoms with Crippen LogP contribution in [0.25, 0.3) is 17.0 Å². The lowest BCUT2D eigenvalue weighted by Gasteiger charge is -2.18. The molecule has 2 heterocycles. The average Bonchev–Trinajstić information content (AvgIpc) is 3.13. The summed E-state index contributed by atoms with van der Waals surface area (Å²) in [5, 5.41) is 13.7. The van der Waals surface area contributed by atoms with Gasteiger partial charge in [0.05, 0.1) is 17.4 Å². The second-order valence-corrected chi connectivity index (χ2v) is 5.97. The maximum absolute atomic E-state index is 12.4. The van der Waals surface area contributed by atoms with Crippen molar-refractivity contribution in [1.82, 2.24) is 20.8 Å². The Labute approximate surface area is 138 Å². The van der Waals surface area contributed by atoms with Gasteiger partial charge in [-0.05, 0) is 30.2 Å². The number of hydrogen-bond acceptors (Lipinski definition) is 3. The normalized spacial score (nSPS) is 21.3. The molecular weight excluding hydrogens is 304 g/mol. The molecule has 3 N–H and O–H groups in total. The van der Waals surface area contributed by atoms with Gasteiger partial charge in [-0.25, -0.2) is 0 Å². The van der Waals surface area contributed by atoms with Crippen LogP contribution in [-0.2, 0) is 9.59 Å². The number of aromatic amines is 1. The van der Waals surface area contributed by atoms with Crippen LogP contribution < -0.4 is 10.6 Å². The molecule has 1 fully saturated rings. The highest BCUT2D eigenvalue weighted by Crippen LogP contribution is 2.35. The molecule has 0 saturated carbocycles. The first-order valence-corrected chi connectivity index (χ1v) is 7.76. The number of amides is 2. The third kappa shape index (κ3) is 2.42. The van der Waals surface area contributed by atoms with Gasteiger partial charge in [0.2, 0.25) is 5.91 Å². The lowest BCUT2D eigenvalue weighted by Crippen LogP contribution is -2.26. The number of fused-ring (bicyclic) bond motifs is 2. The van der Waals surface area contributed by atoms with E-state index in [-0.39, 0.29) is 17.7 Å². The number of benzene rings is 1. The third-order valence-corrected chi connectivity index (χ3v) is 4.28. The van der Waals surface area contributed by atoms with Crippen molar-refractivity contribution >= 4 is 28.8 Å². The molecule has 6 nitrogen and oxygen atoms in total. The Balaban J connectivity index is 1.73. The van der Waals surface area contributed by atoms with Crippen molar-refractivity contribution < 1.29 is 9.59 Å². The van der Waals surface area contributed by atoms with Gasteiger partial charge in [0.25, 0.3) is 5.91 Å². The molecular formula is C18H16N4O2. The monoisotopic (exact) mass is 320 g/mol. The van der Waals surface area contributed by atoms with Gasteiger partial charge < -0.3 is 10.6 Å². The molecule has 4 rings (SSSR count). The van der Waals surface area contributed by atoms with Gasteiger partial charge in [-0.3, -0.25) is 14.7 Å². The number of carbonyl (C=O) groups excluding carboxylic acids is 2. The highest BCUT2D eigenvalue weighted by Gasteiger charge is 2.35. The summed E-state index contributed by atoms with van der Waals surface area (Å²) in [6.07, 6.45) is 8.22. The molecule has 1 aromatic heterocycles. The fraction of sp³-hybridized carbons (Fsp3) is 0.167. The van der Waals surface area contributed by atoms with Crippen molar-refractivity contribution in [2.24, 2.45) is 5.92 Å². The molecule has 6 heteroatoms. The number of carbonyl (C=O) groups is 2. The van der Waals surface area contributed by atoms with Crippen LogP contribution >= 0.6 is 0 Å². The summed E-state index contributed by atoms with van der Waals surface area (Å²) >= 11 is 0. The molecule has 1 aromatic carbocycles. The van der Waals surface area contributed by atoms with E-state index in [0.717, 1.165) is 28.6 Å². The number of aromatic nitrogens is 2. The Bertz CT molecular complexity index is 949. The summed E-state index contributed by atoms with van der Waals surface area (Å²) in [6.45, 7) is 1.46. The summed E-state index contributed by atoms with van der Waals surface area (Å²) < 4.78 is 0. The van der Waals surface area contributed by atoms with Crippen LogP contribution in [0.2, 0.25) is 0 Å². The van der Waals surface area contributed by atoms with Crippen LogP contribution in [0.4, 0.5) is 0 Å². The molecule has 2 aliphatic rings. The number of nitrogens with one attached hydrogen (secondary N) is 3. The molecule has 0 bridgehead atoms. The number of H-pyrrole nitrogens is 1. The zero-order valence-corrected chi connectivity index (χ0v) is 13.1. The summed E-state index contributed by atoms with van der Waals surface area (Å²) in [5.74, 6) is -0.327. The maximum atomic E-state index is 12.4. The SMILES string of the molecule is CC(=O)NC1=C2NC(=O)/C(=C/c3ccc4cn[nH]c4c3)C2CC=C1. The smallest absolute Gasteiger partial charge is 0.252 e. The van der Waals surface area contributed by atoms with Gasteiger partial charge in [-0.15, -0.1) is 0 Å². The molecule has 0 spiro atoms. The molecule has 0 radical (unpaired) electrons. The van der Waals surface area contributed by atoms with E-state index in [1.165, 1.54) is 6.92 Å². The molecule has 120 valence electrons. The van der Waals surface area contributed by atoms with Crippen molar-refractivity contribution in [1.29, 1.82) is 0 Å². The van der Waals surface area contributed by atoms with E-state index in [1.807, 2.05) is 36.4 Å². The third-order valence-electron chi connectivity index (χ3n) is 4.28. The minimum absolute atomic E-state index is 0.0539. The second kappa shape index (κ2) is 5.49. The molecule has 1 atom stereocenters.